The normalized spacial score (nSPS) is 15.9. The smallest absolute Gasteiger partial charge is 0.406 e. The number of carbonyl (C=O) groups is 1. The number of aromatic nitrogens is 3. The van der Waals surface area contributed by atoms with E-state index in [1.807, 2.05) is 55.3 Å². The summed E-state index contributed by atoms with van der Waals surface area (Å²) in [5.41, 5.74) is 1.43. The van der Waals surface area contributed by atoms with E-state index in [9.17, 15) is 22.4 Å². The summed E-state index contributed by atoms with van der Waals surface area (Å²) in [7, 11) is 5.34. The number of halogens is 4. The summed E-state index contributed by atoms with van der Waals surface area (Å²) in [4.78, 5) is 22.2. The number of rotatable bonds is 20. The highest BCUT2D eigenvalue weighted by Crippen LogP contribution is 2.32. The van der Waals surface area contributed by atoms with E-state index < -0.39 is 24.9 Å². The number of hydrogen-bond donors (Lipinski definition) is 3. The predicted molar refractivity (Wildman–Crippen MR) is 207 cm³/mol. The average Bonchev–Trinajstić information content (AvgIpc) is 3.49. The maximum atomic E-state index is 14.8. The van der Waals surface area contributed by atoms with Crippen LogP contribution in [0, 0.1) is 11.8 Å². The lowest BCUT2D eigenvalue weighted by Gasteiger charge is -2.33. The van der Waals surface area contributed by atoms with Crippen LogP contribution in [0.1, 0.15) is 33.0 Å². The summed E-state index contributed by atoms with van der Waals surface area (Å²) < 4.78 is 80.8. The molecule has 3 N–H and O–H groups in total. The molecule has 1 aliphatic heterocycles. The van der Waals surface area contributed by atoms with Gasteiger partial charge in [-0.1, -0.05) is 19.8 Å². The van der Waals surface area contributed by atoms with Gasteiger partial charge < -0.3 is 44.4 Å². The molecule has 2 unspecified atom stereocenters. The number of imidazole rings is 1. The molecule has 1 aromatic carbocycles. The summed E-state index contributed by atoms with van der Waals surface area (Å²) in [5, 5.41) is 8.94. The average molecular weight is 799 g/mol. The zero-order valence-corrected chi connectivity index (χ0v) is 33.2. The van der Waals surface area contributed by atoms with Crippen molar-refractivity contribution in [1.29, 1.82) is 0 Å². The van der Waals surface area contributed by atoms with E-state index in [4.69, 9.17) is 18.9 Å². The number of nitrogens with one attached hydrogen (secondary N) is 3. The van der Waals surface area contributed by atoms with E-state index in [0.29, 0.717) is 82.8 Å². The Kier molecular flexibility index (Phi) is 19.8. The fourth-order valence-corrected chi connectivity index (χ4v) is 6.21. The van der Waals surface area contributed by atoms with Crippen molar-refractivity contribution in [3.05, 3.63) is 36.4 Å². The molecule has 55 heavy (non-hydrogen) atoms. The Morgan fingerprint density at radius 1 is 1.07 bits per heavy atom. The highest BCUT2D eigenvalue weighted by Gasteiger charge is 2.32. The van der Waals surface area contributed by atoms with Crippen LogP contribution in [0.4, 0.5) is 28.9 Å². The van der Waals surface area contributed by atoms with Gasteiger partial charge in [0.25, 0.3) is 0 Å². The monoisotopic (exact) mass is 798 g/mol. The molecular weight excluding hydrogens is 745 g/mol. The van der Waals surface area contributed by atoms with Crippen molar-refractivity contribution in [3.63, 3.8) is 0 Å². The Morgan fingerprint density at radius 3 is 2.45 bits per heavy atom. The van der Waals surface area contributed by atoms with Gasteiger partial charge in [-0.15, -0.1) is 0 Å². The summed E-state index contributed by atoms with van der Waals surface area (Å²) >= 11 is 1.52. The van der Waals surface area contributed by atoms with Gasteiger partial charge in [0.2, 0.25) is 5.91 Å². The number of alkyl halides is 4. The van der Waals surface area contributed by atoms with Gasteiger partial charge in [-0.05, 0) is 56.6 Å². The fraction of sp³-hybridized carbons (Fsp3) is 0.595. The number of piperidine rings is 1. The number of likely N-dealkylation sites (N-methyl/N-ethyl adjacent to an activating group) is 1. The van der Waals surface area contributed by atoms with Crippen LogP contribution in [0.3, 0.4) is 0 Å². The van der Waals surface area contributed by atoms with Crippen LogP contribution in [0.25, 0.3) is 11.0 Å². The number of likely N-dealkylation sites (tertiary alicyclic amines) is 1. The molecule has 1 saturated heterocycles. The topological polar surface area (TPSA) is 127 Å². The van der Waals surface area contributed by atoms with Gasteiger partial charge >= 0.3 is 6.18 Å². The number of methoxy groups -OCH3 is 1. The molecule has 1 aliphatic rings. The fourth-order valence-electron chi connectivity index (χ4n) is 5.39. The minimum Gasteiger partial charge on any atom is -0.495 e. The zero-order chi connectivity index (χ0) is 40.2. The second kappa shape index (κ2) is 23.9. The maximum Gasteiger partial charge on any atom is 0.406 e. The van der Waals surface area contributed by atoms with E-state index >= 15 is 0 Å². The third kappa shape index (κ3) is 16.0. The lowest BCUT2D eigenvalue weighted by molar-refractivity contribution is -0.140. The summed E-state index contributed by atoms with van der Waals surface area (Å²) in [5.74, 6) is 6.07. The Labute approximate surface area is 325 Å². The van der Waals surface area contributed by atoms with Crippen LogP contribution >= 0.6 is 11.9 Å². The van der Waals surface area contributed by atoms with Crippen LogP contribution in [-0.4, -0.2) is 142 Å². The molecule has 0 spiro atoms. The minimum atomic E-state index is -4.53. The number of ether oxygens (including phenoxy) is 4. The second-order valence-electron chi connectivity index (χ2n) is 12.3. The van der Waals surface area contributed by atoms with E-state index in [1.165, 1.54) is 31.3 Å². The molecule has 18 heteroatoms. The zero-order valence-electron chi connectivity index (χ0n) is 32.4. The number of pyridine rings is 1. The van der Waals surface area contributed by atoms with Crippen molar-refractivity contribution in [2.75, 3.05) is 104 Å². The number of anilines is 2. The Morgan fingerprint density at radius 2 is 1.78 bits per heavy atom. The molecule has 1 amide bonds. The first-order valence-corrected chi connectivity index (χ1v) is 19.0. The molecule has 2 atom stereocenters. The van der Waals surface area contributed by atoms with Gasteiger partial charge in [0.1, 0.15) is 24.0 Å². The molecule has 2 aromatic heterocycles. The second-order valence-corrected chi connectivity index (χ2v) is 13.6. The van der Waals surface area contributed by atoms with Crippen LogP contribution in [0.2, 0.25) is 0 Å². The van der Waals surface area contributed by atoms with Gasteiger partial charge in [-0.3, -0.25) is 9.78 Å². The first-order chi connectivity index (χ1) is 26.4. The van der Waals surface area contributed by atoms with Gasteiger partial charge in [0, 0.05) is 38.0 Å². The molecular formula is C37H54F4N8O5S. The number of fused-ring (bicyclic) bond motifs is 1. The molecule has 0 bridgehead atoms. The Hall–Kier alpha value is -3.86. The summed E-state index contributed by atoms with van der Waals surface area (Å²) in [6, 6.07) is 5.13. The van der Waals surface area contributed by atoms with Crippen molar-refractivity contribution in [2.45, 2.75) is 57.0 Å². The molecule has 0 saturated carbocycles. The maximum absolute atomic E-state index is 14.8. The highest BCUT2D eigenvalue weighted by atomic mass is 32.2. The van der Waals surface area contributed by atoms with Crippen LogP contribution in [-0.2, 0) is 25.5 Å². The third-order valence-electron chi connectivity index (χ3n) is 8.00. The molecule has 3 heterocycles. The third-order valence-corrected chi connectivity index (χ3v) is 8.96. The summed E-state index contributed by atoms with van der Waals surface area (Å²) in [6.07, 6.45) is -2.38. The first-order valence-electron chi connectivity index (χ1n) is 18.2. The quantitative estimate of drug-likeness (QED) is 0.0612. The van der Waals surface area contributed by atoms with Gasteiger partial charge in [0.05, 0.1) is 88.6 Å². The standard InChI is InChI=1S/C35H48F4N8O5S.C2H6/c1-25(48)41-11-14-50-16-18-52-19-17-51-15-13-46(3)53-26-7-8-29(32(20-26)49-4)42-10-5-6-33-44-34-30(43-28-9-12-45(2)23-27(28)36)21-40-22-31(34)47(33)24-35(37,38)39;1-2/h7-8,20-22,27-28,42-43H,9-19,23-24H2,1-4H3,(H,41,48);1-2H3. The Balaban J connectivity index is 0.00000399. The van der Waals surface area contributed by atoms with Crippen molar-refractivity contribution in [1.82, 2.24) is 29.1 Å². The van der Waals surface area contributed by atoms with Crippen LogP contribution < -0.4 is 20.7 Å². The first kappa shape index (κ1) is 45.5. The van der Waals surface area contributed by atoms with E-state index in [2.05, 4.69) is 37.8 Å². The number of amides is 1. The SMILES string of the molecule is CC.COc1cc(SN(C)CCOCCOCCOCCNC(C)=O)ccc1NCC#Cc1nc2c(NC3CCN(C)CC3F)cncc2n1CC(F)(F)F. The van der Waals surface area contributed by atoms with Crippen molar-refractivity contribution in [3.8, 4) is 17.6 Å². The predicted octanol–water partition coefficient (Wildman–Crippen LogP) is 5.07. The van der Waals surface area contributed by atoms with E-state index in [0.717, 1.165) is 9.46 Å². The molecule has 13 nitrogen and oxygen atoms in total. The highest BCUT2D eigenvalue weighted by molar-refractivity contribution is 7.97. The molecule has 4 rings (SSSR count). The number of nitrogens with zero attached hydrogens (tertiary/aromatic N) is 5. The van der Waals surface area contributed by atoms with E-state index in [-0.39, 0.29) is 35.9 Å². The van der Waals surface area contributed by atoms with Crippen molar-refractivity contribution in [2.24, 2.45) is 0 Å². The van der Waals surface area contributed by atoms with Crippen LogP contribution in [0.5, 0.6) is 5.75 Å². The van der Waals surface area contributed by atoms with Crippen molar-refractivity contribution < 1.29 is 41.3 Å². The lowest BCUT2D eigenvalue weighted by atomic mass is 10.0. The number of carbonyl (C=O) groups excluding carboxylic acids is 1. The lowest BCUT2D eigenvalue weighted by Crippen LogP contribution is -2.46. The molecule has 3 aromatic rings. The molecule has 0 aliphatic carbocycles. The van der Waals surface area contributed by atoms with Crippen LogP contribution in [0.15, 0.2) is 35.5 Å². The minimum absolute atomic E-state index is 0.0743. The van der Waals surface area contributed by atoms with Crippen molar-refractivity contribution >= 4 is 40.3 Å². The molecule has 1 fully saturated rings. The van der Waals surface area contributed by atoms with Gasteiger partial charge in [-0.2, -0.15) is 13.2 Å². The number of benzene rings is 1. The Bertz CT molecular complexity index is 1670. The van der Waals surface area contributed by atoms with Gasteiger partial charge in [0.15, 0.2) is 5.82 Å². The largest absolute Gasteiger partial charge is 0.495 e. The molecule has 306 valence electrons. The van der Waals surface area contributed by atoms with E-state index in [1.54, 1.807) is 7.11 Å². The number of hydrogen-bond acceptors (Lipinski definition) is 12. The van der Waals surface area contributed by atoms with Gasteiger partial charge in [-0.25, -0.2) is 13.7 Å². The summed E-state index contributed by atoms with van der Waals surface area (Å²) in [6.45, 7) is 9.09. The molecule has 0 radical (unpaired) electrons.